The molecule has 1 aromatic carbocycles. The van der Waals surface area contributed by atoms with Crippen LogP contribution in [0.15, 0.2) is 52.5 Å². The molecule has 0 radical (unpaired) electrons. The smallest absolute Gasteiger partial charge is 0.286 e. The maximum atomic E-state index is 12.0. The lowest BCUT2D eigenvalue weighted by Crippen LogP contribution is -2.13. The summed E-state index contributed by atoms with van der Waals surface area (Å²) in [4.78, 5) is 20.2. The Bertz CT molecular complexity index is 837. The molecule has 0 fully saturated rings. The summed E-state index contributed by atoms with van der Waals surface area (Å²) in [6, 6.07) is 8.42. The van der Waals surface area contributed by atoms with E-state index in [0.29, 0.717) is 26.8 Å². The van der Waals surface area contributed by atoms with Crippen LogP contribution < -0.4 is 5.32 Å². The summed E-state index contributed by atoms with van der Waals surface area (Å²) in [5.74, 6) is 0.297. The second-order valence-corrected chi connectivity index (χ2v) is 6.42. The molecule has 9 heteroatoms. The van der Waals surface area contributed by atoms with Gasteiger partial charge >= 0.3 is 0 Å². The van der Waals surface area contributed by atoms with Crippen LogP contribution in [-0.2, 0) is 4.79 Å². The minimum absolute atomic E-state index is 0.110. The van der Waals surface area contributed by atoms with E-state index in [4.69, 9.17) is 27.7 Å². The standard InChI is InChI=1S/C15H10Cl2N4O2S/c16-10-4-11(17)6-12(5-10)19-13(22)8-24-15-20-14(21-23-15)9-2-1-3-18-7-9/h1-7H,8H2,(H,19,22). The van der Waals surface area contributed by atoms with Gasteiger partial charge < -0.3 is 9.84 Å². The van der Waals surface area contributed by atoms with Gasteiger partial charge in [-0.3, -0.25) is 9.78 Å². The monoisotopic (exact) mass is 380 g/mol. The van der Waals surface area contributed by atoms with E-state index in [0.717, 1.165) is 17.3 Å². The van der Waals surface area contributed by atoms with Crippen LogP contribution in [0.1, 0.15) is 0 Å². The van der Waals surface area contributed by atoms with Crippen LogP contribution in [-0.4, -0.2) is 26.8 Å². The molecule has 24 heavy (non-hydrogen) atoms. The zero-order valence-corrected chi connectivity index (χ0v) is 14.4. The van der Waals surface area contributed by atoms with Gasteiger partial charge in [0.15, 0.2) is 0 Å². The molecule has 122 valence electrons. The fourth-order valence-corrected chi connectivity index (χ4v) is 2.92. The van der Waals surface area contributed by atoms with Crippen molar-refractivity contribution in [1.29, 1.82) is 0 Å². The number of carbonyl (C=O) groups excluding carboxylic acids is 1. The SMILES string of the molecule is O=C(CSc1nc(-c2cccnc2)no1)Nc1cc(Cl)cc(Cl)c1. The summed E-state index contributed by atoms with van der Waals surface area (Å²) in [5.41, 5.74) is 1.27. The number of anilines is 1. The van der Waals surface area contributed by atoms with Crippen molar-refractivity contribution in [2.45, 2.75) is 5.22 Å². The zero-order chi connectivity index (χ0) is 16.9. The van der Waals surface area contributed by atoms with E-state index in [1.165, 1.54) is 0 Å². The highest BCUT2D eigenvalue weighted by Crippen LogP contribution is 2.24. The summed E-state index contributed by atoms with van der Waals surface area (Å²) in [6.07, 6.45) is 3.29. The van der Waals surface area contributed by atoms with Crippen LogP contribution in [0.3, 0.4) is 0 Å². The molecule has 0 unspecified atom stereocenters. The predicted molar refractivity (Wildman–Crippen MR) is 93.3 cm³/mol. The molecule has 0 bridgehead atoms. The van der Waals surface area contributed by atoms with Crippen LogP contribution in [0, 0.1) is 0 Å². The molecule has 0 saturated heterocycles. The molecule has 2 aromatic heterocycles. The number of pyridine rings is 1. The van der Waals surface area contributed by atoms with E-state index < -0.39 is 0 Å². The molecule has 3 rings (SSSR count). The van der Waals surface area contributed by atoms with Crippen molar-refractivity contribution in [2.24, 2.45) is 0 Å². The minimum atomic E-state index is -0.237. The molecule has 0 atom stereocenters. The van der Waals surface area contributed by atoms with Gasteiger partial charge in [-0.2, -0.15) is 4.98 Å². The first-order valence-corrected chi connectivity index (χ1v) is 8.47. The van der Waals surface area contributed by atoms with Gasteiger partial charge in [0.05, 0.1) is 5.75 Å². The van der Waals surface area contributed by atoms with Gasteiger partial charge in [-0.05, 0) is 30.3 Å². The number of nitrogens with one attached hydrogen (secondary N) is 1. The van der Waals surface area contributed by atoms with Gasteiger partial charge in [0.25, 0.3) is 5.22 Å². The number of rotatable bonds is 5. The lowest BCUT2D eigenvalue weighted by molar-refractivity contribution is -0.113. The number of thioether (sulfide) groups is 1. The Kier molecular flexibility index (Phi) is 5.34. The molecule has 0 saturated carbocycles. The molecule has 0 aliphatic rings. The average Bonchev–Trinajstić information content (AvgIpc) is 3.02. The van der Waals surface area contributed by atoms with Crippen LogP contribution in [0.2, 0.25) is 10.0 Å². The third-order valence-corrected chi connectivity index (χ3v) is 4.06. The quantitative estimate of drug-likeness (QED) is 0.668. The molecule has 0 spiro atoms. The highest BCUT2D eigenvalue weighted by Gasteiger charge is 2.12. The second kappa shape index (κ2) is 7.65. The topological polar surface area (TPSA) is 80.9 Å². The number of halogens is 2. The van der Waals surface area contributed by atoms with Crippen molar-refractivity contribution in [3.63, 3.8) is 0 Å². The highest BCUT2D eigenvalue weighted by atomic mass is 35.5. The van der Waals surface area contributed by atoms with E-state index in [2.05, 4.69) is 20.4 Å². The molecule has 6 nitrogen and oxygen atoms in total. The number of benzene rings is 1. The Balaban J connectivity index is 1.58. The van der Waals surface area contributed by atoms with E-state index in [1.54, 1.807) is 36.7 Å². The number of hydrogen-bond acceptors (Lipinski definition) is 6. The minimum Gasteiger partial charge on any atom is -0.327 e. The molecular formula is C15H10Cl2N4O2S. The van der Waals surface area contributed by atoms with Gasteiger partial charge in [-0.15, -0.1) is 0 Å². The number of nitrogens with zero attached hydrogens (tertiary/aromatic N) is 3. The van der Waals surface area contributed by atoms with Crippen molar-refractivity contribution in [3.05, 3.63) is 52.8 Å². The summed E-state index contributed by atoms with van der Waals surface area (Å²) in [6.45, 7) is 0. The average molecular weight is 381 g/mol. The number of amides is 1. The van der Waals surface area contributed by atoms with Crippen molar-refractivity contribution in [3.8, 4) is 11.4 Å². The fourth-order valence-electron chi connectivity index (χ4n) is 1.83. The molecular weight excluding hydrogens is 371 g/mol. The molecule has 1 N–H and O–H groups in total. The van der Waals surface area contributed by atoms with E-state index in [9.17, 15) is 4.79 Å². The largest absolute Gasteiger partial charge is 0.327 e. The predicted octanol–water partition coefficient (Wildman–Crippen LogP) is 4.17. The lowest BCUT2D eigenvalue weighted by atomic mass is 10.3. The van der Waals surface area contributed by atoms with Crippen molar-refractivity contribution < 1.29 is 9.32 Å². The summed E-state index contributed by atoms with van der Waals surface area (Å²) in [7, 11) is 0. The Labute approximate surface area is 151 Å². The van der Waals surface area contributed by atoms with Gasteiger partial charge in [-0.1, -0.05) is 40.1 Å². The Morgan fingerprint density at radius 2 is 2.04 bits per heavy atom. The van der Waals surface area contributed by atoms with Crippen molar-refractivity contribution in [1.82, 2.24) is 15.1 Å². The number of carbonyl (C=O) groups is 1. The Hall–Kier alpha value is -2.09. The van der Waals surface area contributed by atoms with Gasteiger partial charge in [0, 0.05) is 33.7 Å². The first-order valence-electron chi connectivity index (χ1n) is 6.73. The number of aromatic nitrogens is 3. The molecule has 0 aliphatic carbocycles. The number of hydrogen-bond donors (Lipinski definition) is 1. The third-order valence-electron chi connectivity index (χ3n) is 2.80. The van der Waals surface area contributed by atoms with Crippen LogP contribution in [0.25, 0.3) is 11.4 Å². The maximum absolute atomic E-state index is 12.0. The zero-order valence-electron chi connectivity index (χ0n) is 12.1. The highest BCUT2D eigenvalue weighted by molar-refractivity contribution is 7.99. The van der Waals surface area contributed by atoms with Crippen molar-refractivity contribution >= 4 is 46.6 Å². The van der Waals surface area contributed by atoms with Crippen LogP contribution in [0.4, 0.5) is 5.69 Å². The lowest BCUT2D eigenvalue weighted by Gasteiger charge is -2.05. The van der Waals surface area contributed by atoms with Gasteiger partial charge in [-0.25, -0.2) is 0 Å². The molecule has 2 heterocycles. The summed E-state index contributed by atoms with van der Waals surface area (Å²) >= 11 is 12.9. The fraction of sp³-hybridized carbons (Fsp3) is 0.0667. The van der Waals surface area contributed by atoms with E-state index in [-0.39, 0.29) is 11.7 Å². The first kappa shape index (κ1) is 16.8. The Morgan fingerprint density at radius 3 is 2.75 bits per heavy atom. The van der Waals surface area contributed by atoms with E-state index >= 15 is 0 Å². The van der Waals surface area contributed by atoms with E-state index in [1.807, 2.05) is 6.07 Å². The summed E-state index contributed by atoms with van der Waals surface area (Å²) in [5, 5.41) is 7.76. The first-order chi connectivity index (χ1) is 11.6. The van der Waals surface area contributed by atoms with Gasteiger partial charge in [0.1, 0.15) is 0 Å². The Morgan fingerprint density at radius 1 is 1.25 bits per heavy atom. The molecule has 0 aliphatic heterocycles. The normalized spacial score (nSPS) is 10.6. The maximum Gasteiger partial charge on any atom is 0.286 e. The van der Waals surface area contributed by atoms with Crippen molar-refractivity contribution in [2.75, 3.05) is 11.1 Å². The molecule has 1 amide bonds. The van der Waals surface area contributed by atoms with Gasteiger partial charge in [0.2, 0.25) is 11.7 Å². The summed E-state index contributed by atoms with van der Waals surface area (Å²) < 4.78 is 5.11. The third kappa shape index (κ3) is 4.47. The second-order valence-electron chi connectivity index (χ2n) is 4.62. The van der Waals surface area contributed by atoms with Crippen LogP contribution >= 0.6 is 35.0 Å². The molecule has 3 aromatic rings. The van der Waals surface area contributed by atoms with Crippen LogP contribution in [0.5, 0.6) is 0 Å².